The van der Waals surface area contributed by atoms with E-state index in [9.17, 15) is 18.3 Å². The summed E-state index contributed by atoms with van der Waals surface area (Å²) in [4.78, 5) is 1.99. The Bertz CT molecular complexity index is 580. The van der Waals surface area contributed by atoms with Crippen molar-refractivity contribution in [1.82, 2.24) is 0 Å². The van der Waals surface area contributed by atoms with Crippen molar-refractivity contribution in [2.24, 2.45) is 0 Å². The number of nitrogens with zero attached hydrogens (tertiary/aromatic N) is 2. The zero-order valence-corrected chi connectivity index (χ0v) is 11.3. The molecular weight excluding hydrogens is 281 g/mol. The van der Waals surface area contributed by atoms with Crippen molar-refractivity contribution in [3.63, 3.8) is 0 Å². The van der Waals surface area contributed by atoms with E-state index in [-0.39, 0.29) is 23.8 Å². The van der Waals surface area contributed by atoms with Crippen LogP contribution in [0.25, 0.3) is 0 Å². The molecule has 0 radical (unpaired) electrons. The Morgan fingerprint density at radius 2 is 1.81 bits per heavy atom. The Morgan fingerprint density at radius 1 is 1.19 bits per heavy atom. The number of anilines is 1. The summed E-state index contributed by atoms with van der Waals surface area (Å²) in [7, 11) is 0. The molecule has 1 unspecified atom stereocenters. The van der Waals surface area contributed by atoms with Crippen molar-refractivity contribution in [2.45, 2.75) is 50.0 Å². The summed E-state index contributed by atoms with van der Waals surface area (Å²) in [5.41, 5.74) is -0.732. The molecule has 2 bridgehead atoms. The topological polar surface area (TPSA) is 47.3 Å². The lowest BCUT2D eigenvalue weighted by atomic mass is 9.98. The lowest BCUT2D eigenvalue weighted by Crippen LogP contribution is -2.44. The molecule has 3 atom stereocenters. The number of fused-ring (bicyclic) bond motifs is 2. The molecular formula is C15H15F3N2O. The minimum Gasteiger partial charge on any atom is -0.393 e. The summed E-state index contributed by atoms with van der Waals surface area (Å²) in [6.07, 6.45) is -1.92. The third kappa shape index (κ3) is 2.46. The quantitative estimate of drug-likeness (QED) is 0.866. The molecule has 2 fully saturated rings. The van der Waals surface area contributed by atoms with E-state index in [1.54, 1.807) is 12.1 Å². The maximum atomic E-state index is 13.0. The van der Waals surface area contributed by atoms with Gasteiger partial charge in [0, 0.05) is 17.8 Å². The van der Waals surface area contributed by atoms with Gasteiger partial charge in [0.05, 0.1) is 23.3 Å². The van der Waals surface area contributed by atoms with Crippen molar-refractivity contribution >= 4 is 5.69 Å². The van der Waals surface area contributed by atoms with Crippen LogP contribution in [0.5, 0.6) is 0 Å². The molecule has 0 saturated carbocycles. The van der Waals surface area contributed by atoms with E-state index >= 15 is 0 Å². The molecule has 2 aliphatic heterocycles. The smallest absolute Gasteiger partial charge is 0.393 e. The predicted molar refractivity (Wildman–Crippen MR) is 70.7 cm³/mol. The molecule has 3 nitrogen and oxygen atoms in total. The molecule has 0 aromatic heterocycles. The average Bonchev–Trinajstić information content (AvgIpc) is 2.69. The standard InChI is InChI=1S/C15H15F3N2O/c16-15(17,18)14-7-12(2-1-9(14)8-19)20-10-3-4-11(20)6-13(21)5-10/h1-2,7,10-11,13,21H,3-6H2/t10-,11+,13?. The van der Waals surface area contributed by atoms with Gasteiger partial charge < -0.3 is 10.0 Å². The molecule has 0 spiro atoms. The molecule has 2 aliphatic rings. The second-order valence-electron chi connectivity index (χ2n) is 5.76. The molecule has 1 N–H and O–H groups in total. The summed E-state index contributed by atoms with van der Waals surface area (Å²) in [5, 5.41) is 18.6. The van der Waals surface area contributed by atoms with Gasteiger partial charge in [0.25, 0.3) is 0 Å². The number of nitriles is 1. The van der Waals surface area contributed by atoms with E-state index in [0.29, 0.717) is 18.5 Å². The molecule has 112 valence electrons. The summed E-state index contributed by atoms with van der Waals surface area (Å²) in [5.74, 6) is 0. The highest BCUT2D eigenvalue weighted by Crippen LogP contribution is 2.41. The van der Waals surface area contributed by atoms with E-state index in [1.807, 2.05) is 4.90 Å². The van der Waals surface area contributed by atoms with Crippen LogP contribution in [0.2, 0.25) is 0 Å². The van der Waals surface area contributed by atoms with Gasteiger partial charge in [-0.2, -0.15) is 18.4 Å². The third-order valence-electron chi connectivity index (χ3n) is 4.44. The molecule has 1 aromatic carbocycles. The summed E-state index contributed by atoms with van der Waals surface area (Å²) in [6.45, 7) is 0. The fourth-order valence-electron chi connectivity index (χ4n) is 3.59. The maximum absolute atomic E-state index is 13.0. The largest absolute Gasteiger partial charge is 0.417 e. The van der Waals surface area contributed by atoms with E-state index in [4.69, 9.17) is 5.26 Å². The van der Waals surface area contributed by atoms with Crippen molar-refractivity contribution < 1.29 is 18.3 Å². The first-order valence-corrected chi connectivity index (χ1v) is 6.98. The monoisotopic (exact) mass is 296 g/mol. The van der Waals surface area contributed by atoms with Gasteiger partial charge in [-0.3, -0.25) is 0 Å². The molecule has 3 rings (SSSR count). The summed E-state index contributed by atoms with van der Waals surface area (Å²) >= 11 is 0. The average molecular weight is 296 g/mol. The first-order valence-electron chi connectivity index (χ1n) is 6.98. The Balaban J connectivity index is 1.99. The van der Waals surface area contributed by atoms with Crippen LogP contribution in [0.15, 0.2) is 18.2 Å². The van der Waals surface area contributed by atoms with Crippen LogP contribution in [-0.2, 0) is 6.18 Å². The SMILES string of the molecule is N#Cc1ccc(N2[C@@H]3CC[C@H]2CC(O)C3)cc1C(F)(F)F. The number of aliphatic hydroxyl groups is 1. The lowest BCUT2D eigenvalue weighted by molar-refractivity contribution is -0.137. The number of hydrogen-bond acceptors (Lipinski definition) is 3. The Labute approximate surface area is 120 Å². The highest BCUT2D eigenvalue weighted by molar-refractivity contribution is 5.57. The first-order chi connectivity index (χ1) is 9.90. The number of piperidine rings is 1. The van der Waals surface area contributed by atoms with Crippen molar-refractivity contribution in [2.75, 3.05) is 4.90 Å². The van der Waals surface area contributed by atoms with Crippen LogP contribution in [0, 0.1) is 11.3 Å². The van der Waals surface area contributed by atoms with Crippen LogP contribution in [0.1, 0.15) is 36.8 Å². The van der Waals surface area contributed by atoms with Crippen molar-refractivity contribution in [3.05, 3.63) is 29.3 Å². The van der Waals surface area contributed by atoms with Crippen molar-refractivity contribution in [1.29, 1.82) is 5.26 Å². The van der Waals surface area contributed by atoms with Gasteiger partial charge in [0.1, 0.15) is 0 Å². The van der Waals surface area contributed by atoms with Crippen LogP contribution < -0.4 is 4.90 Å². The third-order valence-corrected chi connectivity index (χ3v) is 4.44. The molecule has 2 heterocycles. The van der Waals surface area contributed by atoms with E-state index in [1.165, 1.54) is 6.07 Å². The second kappa shape index (κ2) is 4.92. The summed E-state index contributed by atoms with van der Waals surface area (Å²) < 4.78 is 39.1. The van der Waals surface area contributed by atoms with Gasteiger partial charge in [0.2, 0.25) is 0 Å². The zero-order chi connectivity index (χ0) is 15.2. The van der Waals surface area contributed by atoms with Gasteiger partial charge in [-0.15, -0.1) is 0 Å². The highest BCUT2D eigenvalue weighted by atomic mass is 19.4. The van der Waals surface area contributed by atoms with Crippen molar-refractivity contribution in [3.8, 4) is 6.07 Å². The Hall–Kier alpha value is -1.74. The van der Waals surface area contributed by atoms with E-state index in [0.717, 1.165) is 18.9 Å². The summed E-state index contributed by atoms with van der Waals surface area (Å²) in [6, 6.07) is 5.67. The molecule has 2 saturated heterocycles. The second-order valence-corrected chi connectivity index (χ2v) is 5.76. The Morgan fingerprint density at radius 3 is 2.33 bits per heavy atom. The fourth-order valence-corrected chi connectivity index (χ4v) is 3.59. The highest BCUT2D eigenvalue weighted by Gasteiger charge is 2.41. The minimum absolute atomic E-state index is 0.0905. The molecule has 21 heavy (non-hydrogen) atoms. The van der Waals surface area contributed by atoms with Crippen LogP contribution in [0.3, 0.4) is 0 Å². The first kappa shape index (κ1) is 14.2. The van der Waals surface area contributed by atoms with Crippen LogP contribution in [-0.4, -0.2) is 23.3 Å². The molecule has 0 amide bonds. The van der Waals surface area contributed by atoms with E-state index < -0.39 is 11.7 Å². The number of benzene rings is 1. The fraction of sp³-hybridized carbons (Fsp3) is 0.533. The molecule has 1 aromatic rings. The molecule has 0 aliphatic carbocycles. The number of halogens is 3. The lowest BCUT2D eigenvalue weighted by Gasteiger charge is -2.39. The Kier molecular flexibility index (Phi) is 3.33. The number of aliphatic hydroxyl groups excluding tert-OH is 1. The van der Waals surface area contributed by atoms with E-state index in [2.05, 4.69) is 0 Å². The van der Waals surface area contributed by atoms with Gasteiger partial charge in [-0.25, -0.2) is 0 Å². The van der Waals surface area contributed by atoms with Gasteiger partial charge in [-0.1, -0.05) is 0 Å². The number of alkyl halides is 3. The molecule has 6 heteroatoms. The van der Waals surface area contributed by atoms with Crippen LogP contribution in [0.4, 0.5) is 18.9 Å². The van der Waals surface area contributed by atoms with Gasteiger partial charge >= 0.3 is 6.18 Å². The van der Waals surface area contributed by atoms with Gasteiger partial charge in [-0.05, 0) is 43.9 Å². The number of hydrogen-bond donors (Lipinski definition) is 1. The zero-order valence-electron chi connectivity index (χ0n) is 11.3. The maximum Gasteiger partial charge on any atom is 0.417 e. The minimum atomic E-state index is -4.53. The van der Waals surface area contributed by atoms with Crippen LogP contribution >= 0.6 is 0 Å². The van der Waals surface area contributed by atoms with Gasteiger partial charge in [0.15, 0.2) is 0 Å². The predicted octanol–water partition coefficient (Wildman–Crippen LogP) is 3.07. The number of rotatable bonds is 1. The normalized spacial score (nSPS) is 28.5.